The van der Waals surface area contributed by atoms with E-state index in [1.807, 2.05) is 24.3 Å². The van der Waals surface area contributed by atoms with E-state index in [4.69, 9.17) is 0 Å². The molecule has 0 heterocycles. The molecule has 0 radical (unpaired) electrons. The zero-order valence-corrected chi connectivity index (χ0v) is 12.6. The monoisotopic (exact) mass is 326 g/mol. The molecule has 1 aliphatic rings. The molecule has 0 aromatic heterocycles. The van der Waals surface area contributed by atoms with Gasteiger partial charge < -0.3 is 15.3 Å². The number of rotatable bonds is 3. The first-order valence-electron chi connectivity index (χ1n) is 6.52. The summed E-state index contributed by atoms with van der Waals surface area (Å²) in [6.45, 7) is 0.601. The normalized spacial score (nSPS) is 22.3. The molecule has 0 aliphatic heterocycles. The standard InChI is InChI=1S/C14H19BrN2O2/c1-17(9-10-3-2-4-13(10)18)14(19)16-12-7-5-11(15)6-8-12/h5-8,10,13,18H,2-4,9H2,1H3,(H,16,19). The molecule has 2 amide bonds. The van der Waals surface area contributed by atoms with E-state index in [1.165, 1.54) is 0 Å². The Morgan fingerprint density at radius 2 is 2.11 bits per heavy atom. The smallest absolute Gasteiger partial charge is 0.321 e. The number of amides is 2. The van der Waals surface area contributed by atoms with Gasteiger partial charge in [-0.3, -0.25) is 0 Å². The minimum absolute atomic E-state index is 0.138. The molecule has 0 spiro atoms. The lowest BCUT2D eigenvalue weighted by molar-refractivity contribution is 0.116. The van der Waals surface area contributed by atoms with Gasteiger partial charge >= 0.3 is 6.03 Å². The number of nitrogens with one attached hydrogen (secondary N) is 1. The molecule has 2 unspecified atom stereocenters. The van der Waals surface area contributed by atoms with Crippen LogP contribution in [0.2, 0.25) is 0 Å². The number of nitrogens with zero attached hydrogens (tertiary/aromatic N) is 1. The van der Waals surface area contributed by atoms with Gasteiger partial charge in [-0.05, 0) is 37.1 Å². The highest BCUT2D eigenvalue weighted by atomic mass is 79.9. The molecule has 1 aromatic rings. The first-order chi connectivity index (χ1) is 9.06. The number of carbonyl (C=O) groups is 1. The van der Waals surface area contributed by atoms with Crippen molar-refractivity contribution in [3.63, 3.8) is 0 Å². The summed E-state index contributed by atoms with van der Waals surface area (Å²) in [5.41, 5.74) is 0.770. The van der Waals surface area contributed by atoms with E-state index >= 15 is 0 Å². The summed E-state index contributed by atoms with van der Waals surface area (Å²) in [4.78, 5) is 13.7. The predicted octanol–water partition coefficient (Wildman–Crippen LogP) is 3.07. The quantitative estimate of drug-likeness (QED) is 0.896. The van der Waals surface area contributed by atoms with E-state index in [0.717, 1.165) is 29.4 Å². The number of halogens is 1. The minimum Gasteiger partial charge on any atom is -0.393 e. The van der Waals surface area contributed by atoms with Gasteiger partial charge in [0.25, 0.3) is 0 Å². The first kappa shape index (κ1) is 14.3. The second-order valence-electron chi connectivity index (χ2n) is 5.08. The third-order valence-corrected chi connectivity index (χ3v) is 4.10. The molecule has 4 nitrogen and oxygen atoms in total. The predicted molar refractivity (Wildman–Crippen MR) is 79.1 cm³/mol. The van der Waals surface area contributed by atoms with Crippen LogP contribution in [-0.4, -0.2) is 35.7 Å². The molecule has 0 saturated heterocycles. The zero-order chi connectivity index (χ0) is 13.8. The van der Waals surface area contributed by atoms with Gasteiger partial charge in [0, 0.05) is 29.7 Å². The Balaban J connectivity index is 1.86. The fourth-order valence-corrected chi connectivity index (χ4v) is 2.68. The summed E-state index contributed by atoms with van der Waals surface area (Å²) in [5, 5.41) is 12.6. The Morgan fingerprint density at radius 3 is 2.68 bits per heavy atom. The summed E-state index contributed by atoms with van der Waals surface area (Å²) in [6.07, 6.45) is 2.64. The first-order valence-corrected chi connectivity index (χ1v) is 7.31. The number of hydrogen-bond donors (Lipinski definition) is 2. The van der Waals surface area contributed by atoms with Gasteiger partial charge in [-0.1, -0.05) is 22.4 Å². The molecular weight excluding hydrogens is 308 g/mol. The van der Waals surface area contributed by atoms with Crippen molar-refractivity contribution in [3.05, 3.63) is 28.7 Å². The van der Waals surface area contributed by atoms with Crippen molar-refractivity contribution >= 4 is 27.6 Å². The second kappa shape index (κ2) is 6.39. The van der Waals surface area contributed by atoms with Crippen LogP contribution in [0.1, 0.15) is 19.3 Å². The van der Waals surface area contributed by atoms with Crippen molar-refractivity contribution in [2.45, 2.75) is 25.4 Å². The molecule has 1 aromatic carbocycles. The topological polar surface area (TPSA) is 52.6 Å². The van der Waals surface area contributed by atoms with Gasteiger partial charge in [-0.2, -0.15) is 0 Å². The lowest BCUT2D eigenvalue weighted by Gasteiger charge is -2.23. The Kier molecular flexibility index (Phi) is 4.82. The summed E-state index contributed by atoms with van der Waals surface area (Å²) >= 11 is 3.35. The van der Waals surface area contributed by atoms with Crippen molar-refractivity contribution in [2.75, 3.05) is 18.9 Å². The van der Waals surface area contributed by atoms with Crippen LogP contribution < -0.4 is 5.32 Å². The van der Waals surface area contributed by atoms with E-state index in [-0.39, 0.29) is 18.1 Å². The fourth-order valence-electron chi connectivity index (χ4n) is 2.42. The molecule has 19 heavy (non-hydrogen) atoms. The van der Waals surface area contributed by atoms with Crippen molar-refractivity contribution in [3.8, 4) is 0 Å². The maximum absolute atomic E-state index is 12.0. The number of aliphatic hydroxyl groups excluding tert-OH is 1. The summed E-state index contributed by atoms with van der Waals surface area (Å²) in [5.74, 6) is 0.209. The summed E-state index contributed by atoms with van der Waals surface area (Å²) in [7, 11) is 1.76. The third-order valence-electron chi connectivity index (χ3n) is 3.57. The van der Waals surface area contributed by atoms with Gasteiger partial charge in [0.05, 0.1) is 6.10 Å². The zero-order valence-electron chi connectivity index (χ0n) is 11.0. The largest absolute Gasteiger partial charge is 0.393 e. The van der Waals surface area contributed by atoms with Crippen LogP contribution in [0.3, 0.4) is 0 Å². The maximum atomic E-state index is 12.0. The molecule has 2 atom stereocenters. The lowest BCUT2D eigenvalue weighted by Crippen LogP contribution is -2.37. The average Bonchev–Trinajstić information content (AvgIpc) is 2.78. The van der Waals surface area contributed by atoms with Crippen LogP contribution >= 0.6 is 15.9 Å². The highest BCUT2D eigenvalue weighted by Gasteiger charge is 2.27. The molecule has 1 aliphatic carbocycles. The molecule has 104 valence electrons. The number of anilines is 1. The molecular formula is C14H19BrN2O2. The van der Waals surface area contributed by atoms with Crippen LogP contribution in [0.5, 0.6) is 0 Å². The van der Waals surface area contributed by atoms with Crippen LogP contribution in [0, 0.1) is 5.92 Å². The SMILES string of the molecule is CN(CC1CCCC1O)C(=O)Nc1ccc(Br)cc1. The van der Waals surface area contributed by atoms with Crippen LogP contribution in [0.15, 0.2) is 28.7 Å². The summed E-state index contributed by atoms with van der Waals surface area (Å²) < 4.78 is 0.980. The number of benzene rings is 1. The van der Waals surface area contributed by atoms with Crippen molar-refractivity contribution < 1.29 is 9.90 Å². The molecule has 1 fully saturated rings. The Bertz CT molecular complexity index is 436. The maximum Gasteiger partial charge on any atom is 0.321 e. The Morgan fingerprint density at radius 1 is 1.42 bits per heavy atom. The van der Waals surface area contributed by atoms with E-state index in [2.05, 4.69) is 21.2 Å². The highest BCUT2D eigenvalue weighted by molar-refractivity contribution is 9.10. The van der Waals surface area contributed by atoms with E-state index < -0.39 is 0 Å². The van der Waals surface area contributed by atoms with Crippen LogP contribution in [0.25, 0.3) is 0 Å². The molecule has 1 saturated carbocycles. The number of carbonyl (C=O) groups excluding carboxylic acids is 1. The van der Waals surface area contributed by atoms with Gasteiger partial charge in [-0.25, -0.2) is 4.79 Å². The van der Waals surface area contributed by atoms with E-state index in [0.29, 0.717) is 6.54 Å². The Hall–Kier alpha value is -1.07. The van der Waals surface area contributed by atoms with E-state index in [1.54, 1.807) is 11.9 Å². The minimum atomic E-state index is -0.261. The second-order valence-corrected chi connectivity index (χ2v) is 5.99. The van der Waals surface area contributed by atoms with Gasteiger partial charge in [-0.15, -0.1) is 0 Å². The Labute approximate surface area is 121 Å². The third kappa shape index (κ3) is 3.94. The lowest BCUT2D eigenvalue weighted by atomic mass is 10.1. The van der Waals surface area contributed by atoms with Gasteiger partial charge in [0.15, 0.2) is 0 Å². The average molecular weight is 327 g/mol. The number of urea groups is 1. The molecule has 2 N–H and O–H groups in total. The van der Waals surface area contributed by atoms with Gasteiger partial charge in [0.1, 0.15) is 0 Å². The molecule has 2 rings (SSSR count). The summed E-state index contributed by atoms with van der Waals surface area (Å²) in [6, 6.07) is 7.33. The van der Waals surface area contributed by atoms with Gasteiger partial charge in [0.2, 0.25) is 0 Å². The molecule has 5 heteroatoms. The van der Waals surface area contributed by atoms with Crippen molar-refractivity contribution in [1.29, 1.82) is 0 Å². The van der Waals surface area contributed by atoms with E-state index in [9.17, 15) is 9.90 Å². The highest BCUT2D eigenvalue weighted by Crippen LogP contribution is 2.26. The van der Waals surface area contributed by atoms with Crippen molar-refractivity contribution in [2.24, 2.45) is 5.92 Å². The fraction of sp³-hybridized carbons (Fsp3) is 0.500. The number of hydrogen-bond acceptors (Lipinski definition) is 2. The van der Waals surface area contributed by atoms with Crippen LogP contribution in [-0.2, 0) is 0 Å². The molecule has 0 bridgehead atoms. The number of aliphatic hydroxyl groups is 1. The van der Waals surface area contributed by atoms with Crippen molar-refractivity contribution in [1.82, 2.24) is 4.90 Å². The van der Waals surface area contributed by atoms with Crippen LogP contribution in [0.4, 0.5) is 10.5 Å².